The van der Waals surface area contributed by atoms with Gasteiger partial charge in [0.25, 0.3) is 5.69 Å². The number of benzene rings is 1. The number of nitrogens with zero attached hydrogens (tertiary/aromatic N) is 5. The van der Waals surface area contributed by atoms with Crippen LogP contribution in [0, 0.1) is 10.1 Å². The molecule has 0 bridgehead atoms. The van der Waals surface area contributed by atoms with Crippen LogP contribution in [-0.2, 0) is 4.79 Å². The van der Waals surface area contributed by atoms with Gasteiger partial charge in [-0.25, -0.2) is 4.98 Å². The molecule has 1 aromatic carbocycles. The zero-order valence-electron chi connectivity index (χ0n) is 11.9. The molecule has 122 valence electrons. The summed E-state index contributed by atoms with van der Waals surface area (Å²) >= 11 is 2.40. The van der Waals surface area contributed by atoms with Gasteiger partial charge in [0.05, 0.1) is 10.7 Å². The molecule has 0 atom stereocenters. The summed E-state index contributed by atoms with van der Waals surface area (Å²) in [6.45, 7) is 0. The number of nitro benzene ring substituents is 1. The highest BCUT2D eigenvalue weighted by Gasteiger charge is 2.12. The van der Waals surface area contributed by atoms with Crippen molar-refractivity contribution in [3.8, 4) is 10.6 Å². The van der Waals surface area contributed by atoms with Crippen molar-refractivity contribution in [2.24, 2.45) is 0 Å². The second-order valence-electron chi connectivity index (χ2n) is 4.34. The fourth-order valence-electron chi connectivity index (χ4n) is 1.67. The monoisotopic (exact) mass is 363 g/mol. The summed E-state index contributed by atoms with van der Waals surface area (Å²) in [5.41, 5.74) is 0.691. The Morgan fingerprint density at radius 3 is 2.79 bits per heavy atom. The molecule has 12 heteroatoms. The Kier molecular flexibility index (Phi) is 4.77. The molecule has 0 saturated heterocycles. The van der Waals surface area contributed by atoms with Crippen molar-refractivity contribution in [2.75, 3.05) is 11.1 Å². The smallest absolute Gasteiger partial charge is 0.269 e. The molecule has 1 amide bonds. The molecule has 0 saturated carbocycles. The number of amides is 1. The van der Waals surface area contributed by atoms with E-state index >= 15 is 0 Å². The highest BCUT2D eigenvalue weighted by atomic mass is 32.2. The van der Waals surface area contributed by atoms with Crippen molar-refractivity contribution >= 4 is 39.8 Å². The van der Waals surface area contributed by atoms with Crippen LogP contribution in [-0.4, -0.2) is 42.0 Å². The van der Waals surface area contributed by atoms with E-state index in [0.717, 1.165) is 0 Å². The van der Waals surface area contributed by atoms with Crippen LogP contribution in [0.4, 0.5) is 10.8 Å². The summed E-state index contributed by atoms with van der Waals surface area (Å²) in [5.74, 6) is -0.0930. The van der Waals surface area contributed by atoms with E-state index in [2.05, 4.69) is 30.7 Å². The molecule has 0 spiro atoms. The molecule has 2 N–H and O–H groups in total. The number of hydrogen-bond acceptors (Lipinski definition) is 9. The standard InChI is InChI=1S/C12H9N7O3S2/c20-9(5-23-11-13-6-14-17-11)15-12-18-16-10(24-12)7-1-3-8(4-2-7)19(21)22/h1-4,6H,5H2,(H,13,14,17)(H,15,18,20). The van der Waals surface area contributed by atoms with Crippen molar-refractivity contribution in [3.05, 3.63) is 40.7 Å². The molecule has 0 fully saturated rings. The second kappa shape index (κ2) is 7.14. The molecule has 0 aliphatic rings. The van der Waals surface area contributed by atoms with Crippen LogP contribution in [0.15, 0.2) is 35.7 Å². The van der Waals surface area contributed by atoms with E-state index in [4.69, 9.17) is 0 Å². The fourth-order valence-corrected chi connectivity index (χ4v) is 3.01. The zero-order valence-corrected chi connectivity index (χ0v) is 13.5. The quantitative estimate of drug-likeness (QED) is 0.385. The van der Waals surface area contributed by atoms with Crippen LogP contribution in [0.5, 0.6) is 0 Å². The highest BCUT2D eigenvalue weighted by molar-refractivity contribution is 7.99. The topological polar surface area (TPSA) is 140 Å². The summed E-state index contributed by atoms with van der Waals surface area (Å²) in [6, 6.07) is 5.96. The van der Waals surface area contributed by atoms with E-state index in [0.29, 0.717) is 20.9 Å². The van der Waals surface area contributed by atoms with Gasteiger partial charge in [0, 0.05) is 17.7 Å². The Hall–Kier alpha value is -2.86. The summed E-state index contributed by atoms with van der Waals surface area (Å²) in [4.78, 5) is 25.9. The normalized spacial score (nSPS) is 10.5. The lowest BCUT2D eigenvalue weighted by molar-refractivity contribution is -0.384. The first-order valence-corrected chi connectivity index (χ1v) is 8.28. The lowest BCUT2D eigenvalue weighted by atomic mass is 10.2. The zero-order chi connectivity index (χ0) is 16.9. The number of carbonyl (C=O) groups excluding carboxylic acids is 1. The minimum atomic E-state index is -0.470. The Morgan fingerprint density at radius 2 is 2.12 bits per heavy atom. The third-order valence-corrected chi connectivity index (χ3v) is 4.49. The first-order valence-electron chi connectivity index (χ1n) is 6.48. The third kappa shape index (κ3) is 3.91. The van der Waals surface area contributed by atoms with Crippen LogP contribution in [0.2, 0.25) is 0 Å². The number of nitro groups is 1. The number of thioether (sulfide) groups is 1. The lowest BCUT2D eigenvalue weighted by Gasteiger charge is -1.98. The molecule has 3 aromatic rings. The summed E-state index contributed by atoms with van der Waals surface area (Å²) in [7, 11) is 0. The van der Waals surface area contributed by atoms with Gasteiger partial charge < -0.3 is 0 Å². The summed E-state index contributed by atoms with van der Waals surface area (Å²) in [5, 5.41) is 28.9. The van der Waals surface area contributed by atoms with E-state index in [-0.39, 0.29) is 17.3 Å². The largest absolute Gasteiger partial charge is 0.300 e. The van der Waals surface area contributed by atoms with Crippen LogP contribution < -0.4 is 5.32 Å². The predicted molar refractivity (Wildman–Crippen MR) is 87.7 cm³/mol. The van der Waals surface area contributed by atoms with E-state index < -0.39 is 4.92 Å². The minimum Gasteiger partial charge on any atom is -0.300 e. The average molecular weight is 363 g/mol. The molecule has 0 radical (unpaired) electrons. The van der Waals surface area contributed by atoms with Crippen LogP contribution in [0.3, 0.4) is 0 Å². The lowest BCUT2D eigenvalue weighted by Crippen LogP contribution is -2.13. The number of carbonyl (C=O) groups is 1. The molecule has 0 aliphatic carbocycles. The fraction of sp³-hybridized carbons (Fsp3) is 0.0833. The number of H-pyrrole nitrogens is 1. The van der Waals surface area contributed by atoms with Gasteiger partial charge in [-0.15, -0.1) is 10.2 Å². The molecule has 0 unspecified atom stereocenters. The molecule has 2 heterocycles. The van der Waals surface area contributed by atoms with E-state index in [1.54, 1.807) is 12.1 Å². The maximum absolute atomic E-state index is 11.8. The molecule has 24 heavy (non-hydrogen) atoms. The van der Waals surface area contributed by atoms with Gasteiger partial charge in [-0.05, 0) is 12.1 Å². The maximum atomic E-state index is 11.8. The molecule has 10 nitrogen and oxygen atoms in total. The van der Waals surface area contributed by atoms with Gasteiger partial charge in [0.2, 0.25) is 11.0 Å². The van der Waals surface area contributed by atoms with Crippen LogP contribution in [0.1, 0.15) is 0 Å². The van der Waals surface area contributed by atoms with Crippen LogP contribution in [0.25, 0.3) is 10.6 Å². The van der Waals surface area contributed by atoms with E-state index in [9.17, 15) is 14.9 Å². The van der Waals surface area contributed by atoms with Crippen molar-refractivity contribution in [1.29, 1.82) is 0 Å². The Morgan fingerprint density at radius 1 is 1.33 bits per heavy atom. The summed E-state index contributed by atoms with van der Waals surface area (Å²) in [6.07, 6.45) is 1.36. The molecular weight excluding hydrogens is 354 g/mol. The van der Waals surface area contributed by atoms with Crippen LogP contribution >= 0.6 is 23.1 Å². The number of rotatable bonds is 6. The number of aromatic nitrogens is 5. The van der Waals surface area contributed by atoms with Gasteiger partial charge in [0.15, 0.2) is 5.16 Å². The minimum absolute atomic E-state index is 0.00114. The highest BCUT2D eigenvalue weighted by Crippen LogP contribution is 2.27. The number of anilines is 1. The predicted octanol–water partition coefficient (Wildman–Crippen LogP) is 1.96. The molecule has 3 rings (SSSR count). The third-order valence-electron chi connectivity index (χ3n) is 2.73. The van der Waals surface area contributed by atoms with Gasteiger partial charge in [-0.3, -0.25) is 25.3 Å². The number of hydrogen-bond donors (Lipinski definition) is 2. The van der Waals surface area contributed by atoms with E-state index in [1.807, 2.05) is 0 Å². The first-order chi connectivity index (χ1) is 11.6. The summed E-state index contributed by atoms with van der Waals surface area (Å²) < 4.78 is 0. The maximum Gasteiger partial charge on any atom is 0.269 e. The van der Waals surface area contributed by atoms with Gasteiger partial charge >= 0.3 is 0 Å². The second-order valence-corrected chi connectivity index (χ2v) is 6.29. The van der Waals surface area contributed by atoms with Crippen molar-refractivity contribution < 1.29 is 9.72 Å². The number of aromatic amines is 1. The van der Waals surface area contributed by atoms with Crippen molar-refractivity contribution in [1.82, 2.24) is 25.4 Å². The van der Waals surface area contributed by atoms with Gasteiger partial charge in [-0.2, -0.15) is 5.10 Å². The average Bonchev–Trinajstić information content (AvgIpc) is 3.25. The Balaban J connectivity index is 1.60. The first kappa shape index (κ1) is 16.0. The number of non-ortho nitro benzene ring substituents is 1. The van der Waals surface area contributed by atoms with Gasteiger partial charge in [0.1, 0.15) is 11.3 Å². The van der Waals surface area contributed by atoms with Crippen molar-refractivity contribution in [3.63, 3.8) is 0 Å². The van der Waals surface area contributed by atoms with Gasteiger partial charge in [-0.1, -0.05) is 23.1 Å². The SMILES string of the molecule is O=C(CSc1ncn[nH]1)Nc1nnc(-c2ccc([N+](=O)[O-])cc2)s1. The number of nitrogens with one attached hydrogen (secondary N) is 2. The molecule has 0 aliphatic heterocycles. The Labute approximate surface area is 142 Å². The van der Waals surface area contributed by atoms with E-state index in [1.165, 1.54) is 41.6 Å². The van der Waals surface area contributed by atoms with Crippen molar-refractivity contribution in [2.45, 2.75) is 5.16 Å². The Bertz CT molecular complexity index is 848. The molecular formula is C12H9N7O3S2. The molecule has 2 aromatic heterocycles.